The molecular weight excluding hydrogens is 311 g/mol. The fourth-order valence-corrected chi connectivity index (χ4v) is 2.52. The molecule has 0 radical (unpaired) electrons. The monoisotopic (exact) mass is 320 g/mol. The van der Waals surface area contributed by atoms with E-state index in [0.29, 0.717) is 21.4 Å². The van der Waals surface area contributed by atoms with E-state index in [-0.39, 0.29) is 0 Å². The van der Waals surface area contributed by atoms with Gasteiger partial charge in [-0.1, -0.05) is 34.1 Å². The van der Waals surface area contributed by atoms with Crippen LogP contribution in [0.15, 0.2) is 57.4 Å². The molecular formula is C15H10BrFO2. The molecule has 96 valence electrons. The Kier molecular flexibility index (Phi) is 3.12. The molecule has 2 aromatic carbocycles. The molecule has 3 rings (SSSR count). The summed E-state index contributed by atoms with van der Waals surface area (Å²) in [6, 6.07) is 13.5. The number of hydrogen-bond acceptors (Lipinski definition) is 2. The van der Waals surface area contributed by atoms with E-state index in [0.717, 1.165) is 5.39 Å². The van der Waals surface area contributed by atoms with Crippen molar-refractivity contribution in [3.8, 4) is 0 Å². The number of aliphatic hydroxyl groups excluding tert-OH is 1. The topological polar surface area (TPSA) is 33.4 Å². The Labute approximate surface area is 117 Å². The summed E-state index contributed by atoms with van der Waals surface area (Å²) in [5.74, 6) is -0.00163. The van der Waals surface area contributed by atoms with Crippen LogP contribution in [0.2, 0.25) is 0 Å². The quantitative estimate of drug-likeness (QED) is 0.758. The third-order valence-corrected chi connectivity index (χ3v) is 3.37. The molecule has 0 aliphatic rings. The molecule has 19 heavy (non-hydrogen) atoms. The van der Waals surface area contributed by atoms with E-state index >= 15 is 0 Å². The van der Waals surface area contributed by atoms with E-state index in [1.165, 1.54) is 12.1 Å². The zero-order valence-electron chi connectivity index (χ0n) is 9.81. The number of furan rings is 1. The first-order valence-electron chi connectivity index (χ1n) is 5.76. The van der Waals surface area contributed by atoms with Crippen LogP contribution in [0.4, 0.5) is 4.39 Å². The minimum atomic E-state index is -0.987. The number of benzene rings is 2. The molecule has 0 bridgehead atoms. The van der Waals surface area contributed by atoms with Gasteiger partial charge in [0.05, 0.1) is 0 Å². The van der Waals surface area contributed by atoms with Gasteiger partial charge < -0.3 is 9.52 Å². The first-order valence-corrected chi connectivity index (χ1v) is 6.55. The van der Waals surface area contributed by atoms with Crippen LogP contribution in [0, 0.1) is 5.82 Å². The Balaban J connectivity index is 2.05. The molecule has 4 heteroatoms. The minimum absolute atomic E-state index is 0.402. The zero-order chi connectivity index (χ0) is 13.4. The SMILES string of the molecule is OC(c1cc(F)cc(Br)c1)c1cc2ccccc2o1. The van der Waals surface area contributed by atoms with Gasteiger partial charge in [0, 0.05) is 9.86 Å². The normalized spacial score (nSPS) is 12.8. The van der Waals surface area contributed by atoms with Crippen LogP contribution in [0.25, 0.3) is 11.0 Å². The van der Waals surface area contributed by atoms with Gasteiger partial charge in [-0.05, 0) is 35.9 Å². The Morgan fingerprint density at radius 1 is 1.11 bits per heavy atom. The Morgan fingerprint density at radius 2 is 1.89 bits per heavy atom. The van der Waals surface area contributed by atoms with Crippen LogP contribution in [-0.2, 0) is 0 Å². The van der Waals surface area contributed by atoms with Crippen LogP contribution < -0.4 is 0 Å². The number of halogens is 2. The lowest BCUT2D eigenvalue weighted by atomic mass is 10.1. The Hall–Kier alpha value is -1.65. The van der Waals surface area contributed by atoms with Crippen LogP contribution >= 0.6 is 15.9 Å². The van der Waals surface area contributed by atoms with Gasteiger partial charge in [-0.3, -0.25) is 0 Å². The average Bonchev–Trinajstić information content (AvgIpc) is 2.80. The molecule has 0 saturated heterocycles. The molecule has 0 aliphatic heterocycles. The van der Waals surface area contributed by atoms with Crippen LogP contribution in [0.3, 0.4) is 0 Å². The third kappa shape index (κ3) is 2.41. The van der Waals surface area contributed by atoms with Crippen molar-refractivity contribution >= 4 is 26.9 Å². The molecule has 0 spiro atoms. The summed E-state index contributed by atoms with van der Waals surface area (Å²) < 4.78 is 19.5. The Morgan fingerprint density at radius 3 is 2.63 bits per heavy atom. The van der Waals surface area contributed by atoms with Crippen LogP contribution in [0.1, 0.15) is 17.4 Å². The molecule has 2 nitrogen and oxygen atoms in total. The molecule has 1 aromatic heterocycles. The molecule has 0 amide bonds. The summed E-state index contributed by atoms with van der Waals surface area (Å²) in [7, 11) is 0. The highest BCUT2D eigenvalue weighted by Crippen LogP contribution is 2.29. The maximum absolute atomic E-state index is 13.3. The maximum Gasteiger partial charge on any atom is 0.138 e. The van der Waals surface area contributed by atoms with E-state index in [9.17, 15) is 9.50 Å². The Bertz CT molecular complexity index is 683. The first-order chi connectivity index (χ1) is 9.13. The van der Waals surface area contributed by atoms with Gasteiger partial charge in [0.1, 0.15) is 23.3 Å². The highest BCUT2D eigenvalue weighted by atomic mass is 79.9. The van der Waals surface area contributed by atoms with Crippen molar-refractivity contribution < 1.29 is 13.9 Å². The van der Waals surface area contributed by atoms with Gasteiger partial charge in [-0.15, -0.1) is 0 Å². The van der Waals surface area contributed by atoms with E-state index < -0.39 is 11.9 Å². The average molecular weight is 321 g/mol. The fraction of sp³-hybridized carbons (Fsp3) is 0.0667. The summed E-state index contributed by atoms with van der Waals surface area (Å²) in [5, 5.41) is 11.2. The summed E-state index contributed by atoms with van der Waals surface area (Å²) in [5.41, 5.74) is 1.15. The smallest absolute Gasteiger partial charge is 0.138 e. The minimum Gasteiger partial charge on any atom is -0.458 e. The molecule has 0 fully saturated rings. The van der Waals surface area contributed by atoms with Gasteiger partial charge >= 0.3 is 0 Å². The van der Waals surface area contributed by atoms with E-state index in [1.54, 1.807) is 12.1 Å². The molecule has 1 unspecified atom stereocenters. The standard InChI is InChI=1S/C15H10BrFO2/c16-11-5-10(6-12(17)8-11)15(18)14-7-9-3-1-2-4-13(9)19-14/h1-8,15,18H. The highest BCUT2D eigenvalue weighted by Gasteiger charge is 2.16. The van der Waals surface area contributed by atoms with Crippen LogP contribution in [-0.4, -0.2) is 5.11 Å². The van der Waals surface area contributed by atoms with Crippen molar-refractivity contribution in [2.24, 2.45) is 0 Å². The first kappa shape index (κ1) is 12.4. The molecule has 3 aromatic rings. The van der Waals surface area contributed by atoms with Gasteiger partial charge in [-0.2, -0.15) is 0 Å². The molecule has 1 atom stereocenters. The van der Waals surface area contributed by atoms with Gasteiger partial charge in [0.15, 0.2) is 0 Å². The van der Waals surface area contributed by atoms with Crippen molar-refractivity contribution in [3.63, 3.8) is 0 Å². The summed E-state index contributed by atoms with van der Waals surface area (Å²) in [6.07, 6.45) is -0.987. The highest BCUT2D eigenvalue weighted by molar-refractivity contribution is 9.10. The fourth-order valence-electron chi connectivity index (χ4n) is 2.03. The van der Waals surface area contributed by atoms with E-state index in [1.807, 2.05) is 24.3 Å². The molecule has 1 heterocycles. The summed E-state index contributed by atoms with van der Waals surface area (Å²) >= 11 is 3.21. The van der Waals surface area contributed by atoms with E-state index in [4.69, 9.17) is 4.42 Å². The molecule has 0 aliphatic carbocycles. The summed E-state index contributed by atoms with van der Waals surface area (Å²) in [6.45, 7) is 0. The van der Waals surface area contributed by atoms with Gasteiger partial charge in [0.2, 0.25) is 0 Å². The predicted octanol–water partition coefficient (Wildman–Crippen LogP) is 4.42. The molecule has 0 saturated carbocycles. The van der Waals surface area contributed by atoms with Crippen molar-refractivity contribution in [2.75, 3.05) is 0 Å². The number of aliphatic hydroxyl groups is 1. The maximum atomic E-state index is 13.3. The van der Waals surface area contributed by atoms with Crippen LogP contribution in [0.5, 0.6) is 0 Å². The second-order valence-corrected chi connectivity index (χ2v) is 5.21. The lowest BCUT2D eigenvalue weighted by Crippen LogP contribution is -1.98. The zero-order valence-corrected chi connectivity index (χ0v) is 11.4. The third-order valence-electron chi connectivity index (χ3n) is 2.91. The lowest BCUT2D eigenvalue weighted by Gasteiger charge is -2.08. The number of fused-ring (bicyclic) bond motifs is 1. The number of rotatable bonds is 2. The second kappa shape index (κ2) is 4.79. The molecule has 1 N–H and O–H groups in total. The predicted molar refractivity (Wildman–Crippen MR) is 74.4 cm³/mol. The van der Waals surface area contributed by atoms with Gasteiger partial charge in [0.25, 0.3) is 0 Å². The van der Waals surface area contributed by atoms with E-state index in [2.05, 4.69) is 15.9 Å². The van der Waals surface area contributed by atoms with Crippen molar-refractivity contribution in [1.82, 2.24) is 0 Å². The lowest BCUT2D eigenvalue weighted by molar-refractivity contribution is 0.192. The second-order valence-electron chi connectivity index (χ2n) is 4.29. The number of hydrogen-bond donors (Lipinski definition) is 1. The number of para-hydroxylation sites is 1. The van der Waals surface area contributed by atoms with Crippen molar-refractivity contribution in [3.05, 3.63) is 70.1 Å². The van der Waals surface area contributed by atoms with Crippen molar-refractivity contribution in [2.45, 2.75) is 6.10 Å². The largest absolute Gasteiger partial charge is 0.458 e. The summed E-state index contributed by atoms with van der Waals surface area (Å²) in [4.78, 5) is 0. The van der Waals surface area contributed by atoms with Crippen molar-refractivity contribution in [1.29, 1.82) is 0 Å². The van der Waals surface area contributed by atoms with Gasteiger partial charge in [-0.25, -0.2) is 4.39 Å².